The lowest BCUT2D eigenvalue weighted by Gasteiger charge is -2.07. The van der Waals surface area contributed by atoms with Gasteiger partial charge in [-0.15, -0.1) is 11.6 Å². The fourth-order valence-electron chi connectivity index (χ4n) is 2.29. The van der Waals surface area contributed by atoms with Crippen LogP contribution in [-0.2, 0) is 19.5 Å². The topological polar surface area (TPSA) is 27.1 Å². The van der Waals surface area contributed by atoms with Crippen molar-refractivity contribution in [2.75, 3.05) is 0 Å². The summed E-state index contributed by atoms with van der Waals surface area (Å²) >= 11 is 9.37. The zero-order valence-electron chi connectivity index (χ0n) is 11.5. The number of para-hydroxylation sites is 1. The van der Waals surface area contributed by atoms with Crippen LogP contribution < -0.4 is 4.74 Å². The van der Waals surface area contributed by atoms with Crippen LogP contribution in [0.3, 0.4) is 0 Å². The number of aryl methyl sites for hydroxylation is 1. The zero-order chi connectivity index (χ0) is 14.8. The monoisotopic (exact) mass is 364 g/mol. The number of alkyl halides is 1. The van der Waals surface area contributed by atoms with Crippen molar-refractivity contribution in [2.24, 2.45) is 7.05 Å². The molecule has 0 fully saturated rings. The van der Waals surface area contributed by atoms with Crippen molar-refractivity contribution in [3.8, 4) is 5.75 Å². The van der Waals surface area contributed by atoms with Crippen LogP contribution in [0.15, 0.2) is 46.9 Å². The summed E-state index contributed by atoms with van der Waals surface area (Å²) in [5.41, 5.74) is 3.05. The number of hydrogen-bond acceptors (Lipinski definition) is 2. The van der Waals surface area contributed by atoms with E-state index in [0.717, 1.165) is 32.4 Å². The molecule has 3 aromatic rings. The highest BCUT2D eigenvalue weighted by atomic mass is 79.9. The molecule has 0 bridgehead atoms. The van der Waals surface area contributed by atoms with E-state index in [9.17, 15) is 0 Å². The van der Waals surface area contributed by atoms with Crippen LogP contribution in [0.1, 0.15) is 11.3 Å². The van der Waals surface area contributed by atoms with Crippen LogP contribution in [0.25, 0.3) is 10.9 Å². The van der Waals surface area contributed by atoms with E-state index >= 15 is 0 Å². The minimum atomic E-state index is 0.435. The molecule has 0 saturated carbocycles. The number of aromatic nitrogens is 2. The van der Waals surface area contributed by atoms with Crippen molar-refractivity contribution in [2.45, 2.75) is 12.5 Å². The Kier molecular flexibility index (Phi) is 4.17. The Morgan fingerprint density at radius 2 is 2.05 bits per heavy atom. The van der Waals surface area contributed by atoms with Crippen molar-refractivity contribution >= 4 is 38.4 Å². The summed E-state index contributed by atoms with van der Waals surface area (Å²) in [5, 5.41) is 5.64. The molecular formula is C16H14BrClN2O. The Labute approximate surface area is 136 Å². The number of ether oxygens (including phenoxy) is 1. The maximum Gasteiger partial charge on any atom is 0.133 e. The average Bonchev–Trinajstić information content (AvgIpc) is 2.83. The minimum absolute atomic E-state index is 0.435. The number of halogens is 2. The van der Waals surface area contributed by atoms with E-state index in [0.29, 0.717) is 12.5 Å². The zero-order valence-corrected chi connectivity index (χ0v) is 13.9. The summed E-state index contributed by atoms with van der Waals surface area (Å²) < 4.78 is 8.72. The third-order valence-electron chi connectivity index (χ3n) is 3.37. The van der Waals surface area contributed by atoms with Crippen molar-refractivity contribution in [1.29, 1.82) is 0 Å². The first-order valence-corrected chi connectivity index (χ1v) is 7.89. The first-order chi connectivity index (χ1) is 10.2. The van der Waals surface area contributed by atoms with Gasteiger partial charge in [0.05, 0.1) is 5.52 Å². The summed E-state index contributed by atoms with van der Waals surface area (Å²) in [7, 11) is 1.94. The van der Waals surface area contributed by atoms with Gasteiger partial charge < -0.3 is 4.74 Å². The third-order valence-corrected chi connectivity index (χ3v) is 4.43. The number of fused-ring (bicyclic) bond motifs is 1. The molecule has 2 aromatic carbocycles. The van der Waals surface area contributed by atoms with Crippen molar-refractivity contribution in [3.05, 3.63) is 58.2 Å². The van der Waals surface area contributed by atoms with E-state index in [1.54, 1.807) is 0 Å². The summed E-state index contributed by atoms with van der Waals surface area (Å²) in [4.78, 5) is 0. The molecule has 0 atom stereocenters. The van der Waals surface area contributed by atoms with Gasteiger partial charge in [-0.2, -0.15) is 5.10 Å². The molecule has 0 spiro atoms. The van der Waals surface area contributed by atoms with E-state index in [4.69, 9.17) is 16.3 Å². The van der Waals surface area contributed by atoms with Crippen molar-refractivity contribution in [3.63, 3.8) is 0 Å². The average molecular weight is 366 g/mol. The highest BCUT2D eigenvalue weighted by molar-refractivity contribution is 9.10. The molecule has 0 saturated heterocycles. The van der Waals surface area contributed by atoms with Gasteiger partial charge in [0.25, 0.3) is 0 Å². The number of rotatable bonds is 4. The molecule has 108 valence electrons. The van der Waals surface area contributed by atoms with Crippen LogP contribution in [0, 0.1) is 0 Å². The molecule has 0 unspecified atom stereocenters. The molecule has 1 aromatic heterocycles. The Hall–Kier alpha value is -1.52. The van der Waals surface area contributed by atoms with Gasteiger partial charge in [-0.3, -0.25) is 4.68 Å². The molecule has 0 N–H and O–H groups in total. The van der Waals surface area contributed by atoms with Gasteiger partial charge in [0.2, 0.25) is 0 Å². The predicted octanol–water partition coefficient (Wildman–Crippen LogP) is 4.65. The lowest BCUT2D eigenvalue weighted by atomic mass is 10.2. The third kappa shape index (κ3) is 2.92. The maximum atomic E-state index is 5.90. The summed E-state index contributed by atoms with van der Waals surface area (Å²) in [6.45, 7) is 0.435. The first kappa shape index (κ1) is 14.4. The van der Waals surface area contributed by atoms with E-state index in [-0.39, 0.29) is 0 Å². The lowest BCUT2D eigenvalue weighted by molar-refractivity contribution is 0.301. The van der Waals surface area contributed by atoms with E-state index in [2.05, 4.69) is 33.2 Å². The smallest absolute Gasteiger partial charge is 0.133 e. The molecule has 1 heterocycles. The molecule has 0 aliphatic heterocycles. The molecule has 0 aliphatic carbocycles. The Morgan fingerprint density at radius 3 is 2.86 bits per heavy atom. The Morgan fingerprint density at radius 1 is 1.24 bits per heavy atom. The summed E-state index contributed by atoms with van der Waals surface area (Å²) in [5.74, 6) is 1.24. The van der Waals surface area contributed by atoms with Gasteiger partial charge in [0.1, 0.15) is 18.1 Å². The van der Waals surface area contributed by atoms with Crippen LogP contribution in [-0.4, -0.2) is 9.78 Å². The quantitative estimate of drug-likeness (QED) is 0.629. The second kappa shape index (κ2) is 6.08. The van der Waals surface area contributed by atoms with Gasteiger partial charge >= 0.3 is 0 Å². The molecule has 21 heavy (non-hydrogen) atoms. The SMILES string of the molecule is Cn1nc(COc2ccc(Br)c(CCl)c2)c2ccccc21. The van der Waals surface area contributed by atoms with E-state index in [1.807, 2.05) is 42.1 Å². The minimum Gasteiger partial charge on any atom is -0.487 e. The van der Waals surface area contributed by atoms with Crippen molar-refractivity contribution < 1.29 is 4.74 Å². The van der Waals surface area contributed by atoms with E-state index < -0.39 is 0 Å². The normalized spacial score (nSPS) is 11.0. The van der Waals surface area contributed by atoms with Crippen LogP contribution in [0.5, 0.6) is 5.75 Å². The van der Waals surface area contributed by atoms with Crippen LogP contribution in [0.2, 0.25) is 0 Å². The second-order valence-electron chi connectivity index (χ2n) is 4.76. The summed E-state index contributed by atoms with van der Waals surface area (Å²) in [6.07, 6.45) is 0. The predicted molar refractivity (Wildman–Crippen MR) is 88.7 cm³/mol. The van der Waals surface area contributed by atoms with Gasteiger partial charge in [0, 0.05) is 22.8 Å². The molecule has 5 heteroatoms. The lowest BCUT2D eigenvalue weighted by Crippen LogP contribution is -1.98. The molecule has 0 amide bonds. The molecule has 0 radical (unpaired) electrons. The van der Waals surface area contributed by atoms with Gasteiger partial charge in [-0.1, -0.05) is 34.1 Å². The Balaban J connectivity index is 1.83. The highest BCUT2D eigenvalue weighted by Crippen LogP contribution is 2.25. The van der Waals surface area contributed by atoms with Gasteiger partial charge in [-0.05, 0) is 29.8 Å². The molecule has 3 nitrogen and oxygen atoms in total. The number of nitrogens with zero attached hydrogens (tertiary/aromatic N) is 2. The summed E-state index contributed by atoms with van der Waals surface area (Å²) in [6, 6.07) is 14.0. The first-order valence-electron chi connectivity index (χ1n) is 6.57. The molecule has 0 aliphatic rings. The molecular weight excluding hydrogens is 352 g/mol. The molecule has 3 rings (SSSR count). The van der Waals surface area contributed by atoms with Crippen LogP contribution >= 0.6 is 27.5 Å². The number of hydrogen-bond donors (Lipinski definition) is 0. The second-order valence-corrected chi connectivity index (χ2v) is 5.88. The van der Waals surface area contributed by atoms with Crippen molar-refractivity contribution in [1.82, 2.24) is 9.78 Å². The fraction of sp³-hybridized carbons (Fsp3) is 0.188. The maximum absolute atomic E-state index is 5.90. The van der Waals surface area contributed by atoms with Gasteiger partial charge in [-0.25, -0.2) is 0 Å². The fourth-order valence-corrected chi connectivity index (χ4v) is 3.06. The highest BCUT2D eigenvalue weighted by Gasteiger charge is 2.09. The number of benzene rings is 2. The van der Waals surface area contributed by atoms with Gasteiger partial charge in [0.15, 0.2) is 0 Å². The van der Waals surface area contributed by atoms with E-state index in [1.165, 1.54) is 0 Å². The standard InChI is InChI=1S/C16H14BrClN2O/c1-20-16-5-3-2-4-13(16)15(19-20)10-21-12-6-7-14(17)11(8-12)9-18/h2-8H,9-10H2,1H3. The largest absolute Gasteiger partial charge is 0.487 e. The van der Waals surface area contributed by atoms with Crippen LogP contribution in [0.4, 0.5) is 0 Å². The Bertz CT molecular complexity index is 785.